The van der Waals surface area contributed by atoms with Gasteiger partial charge in [-0.15, -0.1) is 5.10 Å². The molecule has 3 aromatic heterocycles. The Labute approximate surface area is 227 Å². The number of imidazole rings is 1. The number of anilines is 2. The highest BCUT2D eigenvalue weighted by molar-refractivity contribution is 6.03. The Hall–Kier alpha value is -4.29. The molecule has 4 aromatic rings. The topological polar surface area (TPSA) is 131 Å². The molecule has 2 amide bonds. The van der Waals surface area contributed by atoms with Crippen molar-refractivity contribution in [3.8, 4) is 11.6 Å². The molecule has 0 unspecified atom stereocenters. The third-order valence-corrected chi connectivity index (χ3v) is 6.04. The van der Waals surface area contributed by atoms with Crippen LogP contribution in [-0.2, 0) is 11.8 Å². The molecule has 0 spiro atoms. The Bertz CT molecular complexity index is 1450. The van der Waals surface area contributed by atoms with E-state index in [-0.39, 0.29) is 11.8 Å². The number of hydrogen-bond donors (Lipinski definition) is 3. The number of hydrogen-bond acceptors (Lipinski definition) is 8. The second-order valence-electron chi connectivity index (χ2n) is 9.46. The molecule has 0 atom stereocenters. The standard InChI is InChI=1S/C25H28N8O3.C2H7N/c1-16-6-7-18(13-19(16)26-25(35)20-12-17(2)29-31(20)3)36-24-9-8-22-27-21(14-33(22)30-24)28-23(34)15-32-10-4-5-11-32;1-3-2/h6-9,12-14H,4-5,10-11,15H2,1-3H3,(H,26,35)(H,28,34);3H,1-2H3. The molecule has 1 aliphatic rings. The summed E-state index contributed by atoms with van der Waals surface area (Å²) in [4.78, 5) is 31.6. The summed E-state index contributed by atoms with van der Waals surface area (Å²) in [7, 11) is 5.48. The molecule has 4 heterocycles. The van der Waals surface area contributed by atoms with Crippen molar-refractivity contribution in [2.75, 3.05) is 44.4 Å². The Balaban J connectivity index is 0.00000112. The lowest BCUT2D eigenvalue weighted by Gasteiger charge is -2.12. The summed E-state index contributed by atoms with van der Waals surface area (Å²) in [5.41, 5.74) is 3.34. The van der Waals surface area contributed by atoms with Crippen LogP contribution in [0.4, 0.5) is 11.5 Å². The van der Waals surface area contributed by atoms with Crippen molar-refractivity contribution in [3.05, 3.63) is 59.5 Å². The molecule has 206 valence electrons. The van der Waals surface area contributed by atoms with E-state index in [2.05, 4.69) is 36.0 Å². The number of nitrogens with zero attached hydrogens (tertiary/aromatic N) is 6. The van der Waals surface area contributed by atoms with Crippen LogP contribution in [0.1, 0.15) is 34.6 Å². The minimum atomic E-state index is -0.254. The summed E-state index contributed by atoms with van der Waals surface area (Å²) < 4.78 is 9.06. The molecule has 1 saturated heterocycles. The average molecular weight is 534 g/mol. The molecule has 39 heavy (non-hydrogen) atoms. The van der Waals surface area contributed by atoms with Crippen molar-refractivity contribution in [3.63, 3.8) is 0 Å². The van der Waals surface area contributed by atoms with E-state index in [4.69, 9.17) is 4.74 Å². The molecule has 1 aliphatic heterocycles. The van der Waals surface area contributed by atoms with Crippen molar-refractivity contribution in [2.45, 2.75) is 26.7 Å². The molecular formula is C27H35N9O3. The van der Waals surface area contributed by atoms with Crippen LogP contribution in [0.25, 0.3) is 5.65 Å². The minimum Gasteiger partial charge on any atom is -0.438 e. The first-order chi connectivity index (χ1) is 18.7. The van der Waals surface area contributed by atoms with Crippen molar-refractivity contribution < 1.29 is 14.3 Å². The molecule has 0 aliphatic carbocycles. The maximum atomic E-state index is 12.7. The number of amides is 2. The molecule has 1 aromatic carbocycles. The van der Waals surface area contributed by atoms with Crippen molar-refractivity contribution in [1.29, 1.82) is 0 Å². The first-order valence-electron chi connectivity index (χ1n) is 12.8. The number of ether oxygens (including phenoxy) is 1. The highest BCUT2D eigenvalue weighted by Gasteiger charge is 2.17. The minimum absolute atomic E-state index is 0.0905. The smallest absolute Gasteiger partial charge is 0.273 e. The van der Waals surface area contributed by atoms with E-state index in [9.17, 15) is 9.59 Å². The summed E-state index contributed by atoms with van der Waals surface area (Å²) in [5.74, 6) is 0.957. The van der Waals surface area contributed by atoms with Crippen molar-refractivity contribution >= 4 is 29.0 Å². The fourth-order valence-electron chi connectivity index (χ4n) is 4.23. The number of benzene rings is 1. The number of nitrogens with one attached hydrogen (secondary N) is 3. The zero-order chi connectivity index (χ0) is 27.9. The number of fused-ring (bicyclic) bond motifs is 1. The van der Waals surface area contributed by atoms with Crippen molar-refractivity contribution in [2.24, 2.45) is 7.05 Å². The third-order valence-electron chi connectivity index (χ3n) is 6.04. The second-order valence-corrected chi connectivity index (χ2v) is 9.46. The van der Waals surface area contributed by atoms with Gasteiger partial charge in [0.15, 0.2) is 11.5 Å². The van der Waals surface area contributed by atoms with Crippen LogP contribution in [-0.4, -0.2) is 74.8 Å². The molecule has 1 fully saturated rings. The number of likely N-dealkylation sites (tertiary alicyclic amines) is 1. The van der Waals surface area contributed by atoms with Gasteiger partial charge in [-0.1, -0.05) is 6.07 Å². The summed E-state index contributed by atoms with van der Waals surface area (Å²) in [6.07, 6.45) is 3.92. The molecule has 3 N–H and O–H groups in total. The number of aryl methyl sites for hydroxylation is 3. The lowest BCUT2D eigenvalue weighted by Crippen LogP contribution is -2.30. The van der Waals surface area contributed by atoms with Gasteiger partial charge in [0.1, 0.15) is 11.4 Å². The van der Waals surface area contributed by atoms with E-state index >= 15 is 0 Å². The third kappa shape index (κ3) is 7.18. The monoisotopic (exact) mass is 533 g/mol. The van der Waals surface area contributed by atoms with Crippen LogP contribution in [0, 0.1) is 13.8 Å². The van der Waals surface area contributed by atoms with Crippen LogP contribution in [0.3, 0.4) is 0 Å². The fourth-order valence-corrected chi connectivity index (χ4v) is 4.23. The average Bonchev–Trinajstić information content (AvgIpc) is 3.61. The van der Waals surface area contributed by atoms with Gasteiger partial charge in [0.25, 0.3) is 5.91 Å². The van der Waals surface area contributed by atoms with E-state index in [0.29, 0.717) is 41.0 Å². The Morgan fingerprint density at radius 1 is 1.00 bits per heavy atom. The van der Waals surface area contributed by atoms with Gasteiger partial charge >= 0.3 is 0 Å². The molecule has 0 bridgehead atoms. The molecule has 0 radical (unpaired) electrons. The first-order valence-corrected chi connectivity index (χ1v) is 12.8. The summed E-state index contributed by atoms with van der Waals surface area (Å²) in [5, 5.41) is 17.2. The maximum Gasteiger partial charge on any atom is 0.273 e. The second kappa shape index (κ2) is 12.5. The van der Waals surface area contributed by atoms with Gasteiger partial charge in [-0.3, -0.25) is 19.2 Å². The predicted molar refractivity (Wildman–Crippen MR) is 149 cm³/mol. The normalized spacial score (nSPS) is 13.2. The zero-order valence-electron chi connectivity index (χ0n) is 23.0. The van der Waals surface area contributed by atoms with Gasteiger partial charge in [-0.2, -0.15) is 5.10 Å². The zero-order valence-corrected chi connectivity index (χ0v) is 23.0. The highest BCUT2D eigenvalue weighted by atomic mass is 16.5. The predicted octanol–water partition coefficient (Wildman–Crippen LogP) is 2.99. The van der Waals surface area contributed by atoms with Crippen LogP contribution in [0.5, 0.6) is 11.6 Å². The van der Waals surface area contributed by atoms with Crippen LogP contribution < -0.4 is 20.7 Å². The van der Waals surface area contributed by atoms with Gasteiger partial charge < -0.3 is 20.7 Å². The maximum absolute atomic E-state index is 12.7. The SMILES string of the molecule is CNC.Cc1cc(C(=O)Nc2cc(Oc3ccc4nc(NC(=O)CN5CCCC5)cn4n3)ccc2C)n(C)n1. The number of aromatic nitrogens is 5. The number of rotatable bonds is 7. The van der Waals surface area contributed by atoms with Crippen LogP contribution in [0.2, 0.25) is 0 Å². The molecule has 12 nitrogen and oxygen atoms in total. The van der Waals surface area contributed by atoms with Crippen molar-refractivity contribution in [1.82, 2.24) is 34.6 Å². The van der Waals surface area contributed by atoms with Gasteiger partial charge in [-0.05, 0) is 77.6 Å². The fraction of sp³-hybridized carbons (Fsp3) is 0.370. The van der Waals surface area contributed by atoms with Crippen LogP contribution in [0.15, 0.2) is 42.6 Å². The van der Waals surface area contributed by atoms with E-state index < -0.39 is 0 Å². The molecule has 0 saturated carbocycles. The van der Waals surface area contributed by atoms with E-state index in [1.165, 1.54) is 0 Å². The Kier molecular flexibility index (Phi) is 8.89. The Morgan fingerprint density at radius 2 is 1.74 bits per heavy atom. The lowest BCUT2D eigenvalue weighted by molar-refractivity contribution is -0.117. The van der Waals surface area contributed by atoms with Gasteiger partial charge in [0.05, 0.1) is 18.4 Å². The van der Waals surface area contributed by atoms with Gasteiger partial charge in [-0.25, -0.2) is 9.50 Å². The summed E-state index contributed by atoms with van der Waals surface area (Å²) in [6.45, 7) is 6.01. The number of carbonyl (C=O) groups excluding carboxylic acids is 2. The quantitative estimate of drug-likeness (QED) is 0.331. The summed E-state index contributed by atoms with van der Waals surface area (Å²) >= 11 is 0. The van der Waals surface area contributed by atoms with Gasteiger partial charge in [0, 0.05) is 24.9 Å². The highest BCUT2D eigenvalue weighted by Crippen LogP contribution is 2.26. The van der Waals surface area contributed by atoms with E-state index in [1.54, 1.807) is 46.7 Å². The largest absolute Gasteiger partial charge is 0.438 e. The molecule has 5 rings (SSSR count). The van der Waals surface area contributed by atoms with E-state index in [1.807, 2.05) is 40.1 Å². The van der Waals surface area contributed by atoms with Gasteiger partial charge in [0.2, 0.25) is 11.8 Å². The van der Waals surface area contributed by atoms with Crippen LogP contribution >= 0.6 is 0 Å². The first kappa shape index (κ1) is 27.7. The Morgan fingerprint density at radius 3 is 2.44 bits per heavy atom. The summed E-state index contributed by atoms with van der Waals surface area (Å²) in [6, 6.07) is 10.6. The lowest BCUT2D eigenvalue weighted by atomic mass is 10.2. The molecule has 12 heteroatoms. The molecular weight excluding hydrogens is 498 g/mol. The number of carbonyl (C=O) groups is 2. The van der Waals surface area contributed by atoms with E-state index in [0.717, 1.165) is 37.2 Å².